The zero-order chi connectivity index (χ0) is 15.2. The normalized spacial score (nSPS) is 14.7. The Labute approximate surface area is 131 Å². The molecule has 21 heavy (non-hydrogen) atoms. The van der Waals surface area contributed by atoms with Crippen molar-refractivity contribution in [2.75, 3.05) is 40.0 Å². The van der Waals surface area contributed by atoms with Crippen molar-refractivity contribution < 1.29 is 23.8 Å². The number of methoxy groups -OCH3 is 1. The van der Waals surface area contributed by atoms with Crippen LogP contribution in [0.25, 0.3) is 0 Å². The molecule has 0 aromatic heterocycles. The molecule has 0 atom stereocenters. The van der Waals surface area contributed by atoms with Crippen molar-refractivity contribution in [1.82, 2.24) is 4.90 Å². The smallest absolute Gasteiger partial charge is 0.260 e. The molecule has 1 saturated heterocycles. The highest BCUT2D eigenvalue weighted by Gasteiger charge is 2.19. The Bertz CT molecular complexity index is 528. The molecule has 0 bridgehead atoms. The molecule has 6 nitrogen and oxygen atoms in total. The van der Waals surface area contributed by atoms with E-state index in [0.717, 1.165) is 6.29 Å². The largest absolute Gasteiger partial charge is 0.493 e. The number of benzene rings is 1. The van der Waals surface area contributed by atoms with E-state index >= 15 is 0 Å². The van der Waals surface area contributed by atoms with Crippen LogP contribution in [-0.4, -0.2) is 57.1 Å². The lowest BCUT2D eigenvalue weighted by atomic mass is 10.2. The summed E-state index contributed by atoms with van der Waals surface area (Å²) in [5, 5.41) is 0. The van der Waals surface area contributed by atoms with Gasteiger partial charge in [-0.25, -0.2) is 0 Å². The summed E-state index contributed by atoms with van der Waals surface area (Å²) in [5.74, 6) is 0.706. The topological polar surface area (TPSA) is 65.1 Å². The number of hydrogen-bond acceptors (Lipinski definition) is 5. The molecule has 1 aliphatic heterocycles. The van der Waals surface area contributed by atoms with E-state index in [2.05, 4.69) is 15.9 Å². The molecule has 7 heteroatoms. The molecule has 0 N–H and O–H groups in total. The van der Waals surface area contributed by atoms with Gasteiger partial charge in [-0.05, 0) is 28.1 Å². The predicted octanol–water partition coefficient (Wildman–Crippen LogP) is 1.51. The van der Waals surface area contributed by atoms with E-state index in [-0.39, 0.29) is 12.5 Å². The highest BCUT2D eigenvalue weighted by atomic mass is 79.9. The maximum absolute atomic E-state index is 12.0. The Morgan fingerprint density at radius 2 is 2.14 bits per heavy atom. The molecule has 0 unspecified atom stereocenters. The van der Waals surface area contributed by atoms with Gasteiger partial charge in [0.05, 0.1) is 24.8 Å². The van der Waals surface area contributed by atoms with Gasteiger partial charge in [0.2, 0.25) is 0 Å². The Morgan fingerprint density at radius 3 is 2.76 bits per heavy atom. The number of halogens is 1. The number of amides is 1. The summed E-state index contributed by atoms with van der Waals surface area (Å²) >= 11 is 3.32. The summed E-state index contributed by atoms with van der Waals surface area (Å²) in [5.41, 5.74) is 0.464. The fraction of sp³-hybridized carbons (Fsp3) is 0.429. The summed E-state index contributed by atoms with van der Waals surface area (Å²) < 4.78 is 16.5. The lowest BCUT2D eigenvalue weighted by Gasteiger charge is -2.26. The van der Waals surface area contributed by atoms with E-state index in [0.29, 0.717) is 47.8 Å². The van der Waals surface area contributed by atoms with Crippen LogP contribution in [0.15, 0.2) is 16.6 Å². The number of aldehydes is 1. The minimum absolute atomic E-state index is 0.0879. The fourth-order valence-electron chi connectivity index (χ4n) is 1.99. The molecule has 0 spiro atoms. The Balaban J connectivity index is 2.05. The molecule has 2 rings (SSSR count). The van der Waals surface area contributed by atoms with Crippen LogP contribution in [-0.2, 0) is 9.53 Å². The molecule has 0 saturated carbocycles. The average Bonchev–Trinajstić information content (AvgIpc) is 2.53. The van der Waals surface area contributed by atoms with Gasteiger partial charge in [-0.15, -0.1) is 0 Å². The minimum Gasteiger partial charge on any atom is -0.493 e. The summed E-state index contributed by atoms with van der Waals surface area (Å²) in [7, 11) is 1.48. The third-order valence-corrected chi connectivity index (χ3v) is 3.68. The molecule has 1 amide bonds. The van der Waals surface area contributed by atoms with Crippen molar-refractivity contribution in [2.24, 2.45) is 0 Å². The molecule has 114 valence electrons. The lowest BCUT2D eigenvalue weighted by Crippen LogP contribution is -2.43. The van der Waals surface area contributed by atoms with Crippen molar-refractivity contribution in [3.63, 3.8) is 0 Å². The van der Waals surface area contributed by atoms with Crippen LogP contribution in [0.4, 0.5) is 0 Å². The van der Waals surface area contributed by atoms with Crippen LogP contribution in [0.1, 0.15) is 10.4 Å². The predicted molar refractivity (Wildman–Crippen MR) is 79.0 cm³/mol. The Morgan fingerprint density at radius 1 is 1.43 bits per heavy atom. The number of carbonyl (C=O) groups is 2. The second kappa shape index (κ2) is 7.42. The molecule has 1 aliphatic rings. The van der Waals surface area contributed by atoms with Crippen molar-refractivity contribution in [2.45, 2.75) is 0 Å². The third-order valence-electron chi connectivity index (χ3n) is 3.09. The van der Waals surface area contributed by atoms with Gasteiger partial charge in [0.1, 0.15) is 6.29 Å². The van der Waals surface area contributed by atoms with Gasteiger partial charge in [-0.2, -0.15) is 0 Å². The number of rotatable bonds is 5. The van der Waals surface area contributed by atoms with E-state index in [1.54, 1.807) is 17.0 Å². The van der Waals surface area contributed by atoms with Crippen LogP contribution in [0.5, 0.6) is 11.5 Å². The summed E-state index contributed by atoms with van der Waals surface area (Å²) in [6.07, 6.45) is 0.718. The van der Waals surface area contributed by atoms with Gasteiger partial charge in [-0.3, -0.25) is 9.59 Å². The molecule has 1 heterocycles. The zero-order valence-electron chi connectivity index (χ0n) is 11.6. The molecule has 0 aliphatic carbocycles. The van der Waals surface area contributed by atoms with Gasteiger partial charge in [-0.1, -0.05) is 0 Å². The first-order valence-electron chi connectivity index (χ1n) is 6.46. The fourth-order valence-corrected chi connectivity index (χ4v) is 2.56. The standard InChI is InChI=1S/C14H16BrNO5/c1-19-12-7-10(8-17)6-11(15)14(12)21-9-13(18)16-2-4-20-5-3-16/h6-8H,2-5,9H2,1H3. The molecule has 0 radical (unpaired) electrons. The minimum atomic E-state index is -0.105. The summed E-state index contributed by atoms with van der Waals surface area (Å²) in [4.78, 5) is 24.6. The quantitative estimate of drug-likeness (QED) is 0.747. The van der Waals surface area contributed by atoms with Crippen LogP contribution >= 0.6 is 15.9 Å². The first-order chi connectivity index (χ1) is 10.2. The van der Waals surface area contributed by atoms with E-state index in [1.807, 2.05) is 0 Å². The number of ether oxygens (including phenoxy) is 3. The van der Waals surface area contributed by atoms with Crippen LogP contribution in [0.2, 0.25) is 0 Å². The maximum atomic E-state index is 12.0. The summed E-state index contributed by atoms with van der Waals surface area (Å²) in [6, 6.07) is 3.18. The molecular weight excluding hydrogens is 342 g/mol. The van der Waals surface area contributed by atoms with E-state index in [1.165, 1.54) is 7.11 Å². The van der Waals surface area contributed by atoms with E-state index in [4.69, 9.17) is 14.2 Å². The number of morpholine rings is 1. The molecule has 1 aromatic rings. The third kappa shape index (κ3) is 3.95. The SMILES string of the molecule is COc1cc(C=O)cc(Br)c1OCC(=O)N1CCOCC1. The molecule has 1 aromatic carbocycles. The lowest BCUT2D eigenvalue weighted by molar-refractivity contribution is -0.137. The average molecular weight is 358 g/mol. The first-order valence-corrected chi connectivity index (χ1v) is 7.26. The van der Waals surface area contributed by atoms with Crippen molar-refractivity contribution >= 4 is 28.1 Å². The number of nitrogens with zero attached hydrogens (tertiary/aromatic N) is 1. The number of hydrogen-bond donors (Lipinski definition) is 0. The monoisotopic (exact) mass is 357 g/mol. The van der Waals surface area contributed by atoms with Gasteiger partial charge < -0.3 is 19.1 Å². The first kappa shape index (κ1) is 15.8. The van der Waals surface area contributed by atoms with E-state index in [9.17, 15) is 9.59 Å². The highest BCUT2D eigenvalue weighted by Crippen LogP contribution is 2.36. The molecular formula is C14H16BrNO5. The second-order valence-electron chi connectivity index (χ2n) is 4.43. The zero-order valence-corrected chi connectivity index (χ0v) is 13.2. The van der Waals surface area contributed by atoms with Gasteiger partial charge in [0.25, 0.3) is 5.91 Å². The Hall–Kier alpha value is -1.60. The van der Waals surface area contributed by atoms with E-state index < -0.39 is 0 Å². The second-order valence-corrected chi connectivity index (χ2v) is 5.29. The highest BCUT2D eigenvalue weighted by molar-refractivity contribution is 9.10. The Kier molecular flexibility index (Phi) is 5.58. The van der Waals surface area contributed by atoms with Gasteiger partial charge in [0, 0.05) is 18.7 Å². The van der Waals surface area contributed by atoms with Crippen molar-refractivity contribution in [1.29, 1.82) is 0 Å². The summed E-state index contributed by atoms with van der Waals surface area (Å²) in [6.45, 7) is 2.16. The van der Waals surface area contributed by atoms with Crippen molar-refractivity contribution in [3.8, 4) is 11.5 Å². The maximum Gasteiger partial charge on any atom is 0.260 e. The van der Waals surface area contributed by atoms with Crippen molar-refractivity contribution in [3.05, 3.63) is 22.2 Å². The van der Waals surface area contributed by atoms with Crippen LogP contribution in [0.3, 0.4) is 0 Å². The molecule has 1 fully saturated rings. The van der Waals surface area contributed by atoms with Crippen LogP contribution < -0.4 is 9.47 Å². The van der Waals surface area contributed by atoms with Gasteiger partial charge in [0.15, 0.2) is 18.1 Å². The number of carbonyl (C=O) groups excluding carboxylic acids is 2. The van der Waals surface area contributed by atoms with Gasteiger partial charge >= 0.3 is 0 Å². The van der Waals surface area contributed by atoms with Crippen LogP contribution in [0, 0.1) is 0 Å².